The molecule has 0 spiro atoms. The molecule has 2 aromatic carbocycles. The van der Waals surface area contributed by atoms with E-state index < -0.39 is 16.1 Å². The van der Waals surface area contributed by atoms with Gasteiger partial charge in [-0.25, -0.2) is 13.1 Å². The number of sulfonamides is 1. The van der Waals surface area contributed by atoms with Crippen molar-refractivity contribution in [3.63, 3.8) is 0 Å². The van der Waals surface area contributed by atoms with Gasteiger partial charge in [0.05, 0.1) is 26.2 Å². The Morgan fingerprint density at radius 2 is 1.43 bits per heavy atom. The molecule has 28 heavy (non-hydrogen) atoms. The van der Waals surface area contributed by atoms with E-state index in [4.69, 9.17) is 14.2 Å². The maximum absolute atomic E-state index is 12.9. The Morgan fingerprint density at radius 3 is 1.96 bits per heavy atom. The largest absolute Gasteiger partial charge is 0.496 e. The molecule has 0 amide bonds. The average Bonchev–Trinajstić information content (AvgIpc) is 2.66. The highest BCUT2D eigenvalue weighted by Crippen LogP contribution is 2.33. The molecule has 0 saturated heterocycles. The SMILES string of the molecule is COc1ccc(S(=O)(=O)NC(C)c2cc(C(C)C)c(OC)cc2C)cc1OC. The Labute approximate surface area is 167 Å². The first kappa shape index (κ1) is 22.0. The first-order chi connectivity index (χ1) is 13.1. The molecule has 154 valence electrons. The first-order valence-corrected chi connectivity index (χ1v) is 10.6. The second kappa shape index (κ2) is 8.84. The minimum absolute atomic E-state index is 0.118. The van der Waals surface area contributed by atoms with Gasteiger partial charge in [-0.3, -0.25) is 0 Å². The van der Waals surface area contributed by atoms with E-state index in [1.807, 2.05) is 26.0 Å². The van der Waals surface area contributed by atoms with Crippen LogP contribution in [-0.2, 0) is 10.0 Å². The van der Waals surface area contributed by atoms with E-state index in [0.29, 0.717) is 11.5 Å². The van der Waals surface area contributed by atoms with Gasteiger partial charge in [0.25, 0.3) is 0 Å². The summed E-state index contributed by atoms with van der Waals surface area (Å²) in [6, 6.07) is 8.08. The molecule has 0 fully saturated rings. The minimum Gasteiger partial charge on any atom is -0.496 e. The van der Waals surface area contributed by atoms with Gasteiger partial charge in [-0.15, -0.1) is 0 Å². The van der Waals surface area contributed by atoms with Crippen LogP contribution in [0.3, 0.4) is 0 Å². The van der Waals surface area contributed by atoms with Crippen LogP contribution in [0.2, 0.25) is 0 Å². The van der Waals surface area contributed by atoms with Crippen LogP contribution < -0.4 is 18.9 Å². The van der Waals surface area contributed by atoms with Gasteiger partial charge in [0.2, 0.25) is 10.0 Å². The van der Waals surface area contributed by atoms with Crippen molar-refractivity contribution in [3.05, 3.63) is 47.0 Å². The molecular formula is C21H29NO5S. The maximum Gasteiger partial charge on any atom is 0.241 e. The summed E-state index contributed by atoms with van der Waals surface area (Å²) in [5, 5.41) is 0. The highest BCUT2D eigenvalue weighted by Gasteiger charge is 2.22. The molecular weight excluding hydrogens is 378 g/mol. The second-order valence-electron chi connectivity index (χ2n) is 6.97. The van der Waals surface area contributed by atoms with Gasteiger partial charge in [-0.1, -0.05) is 13.8 Å². The molecule has 2 rings (SSSR count). The number of hydrogen-bond acceptors (Lipinski definition) is 5. The number of ether oxygens (including phenoxy) is 3. The molecule has 0 aromatic heterocycles. The van der Waals surface area contributed by atoms with Gasteiger partial charge in [-0.05, 0) is 60.7 Å². The smallest absolute Gasteiger partial charge is 0.241 e. The van der Waals surface area contributed by atoms with Gasteiger partial charge in [0, 0.05) is 12.1 Å². The van der Waals surface area contributed by atoms with Crippen LogP contribution >= 0.6 is 0 Å². The van der Waals surface area contributed by atoms with E-state index in [1.165, 1.54) is 26.4 Å². The summed E-state index contributed by atoms with van der Waals surface area (Å²) in [5.41, 5.74) is 2.91. The number of aryl methyl sites for hydroxylation is 1. The van der Waals surface area contributed by atoms with Crippen LogP contribution in [0.5, 0.6) is 17.2 Å². The Balaban J connectivity index is 2.38. The van der Waals surface area contributed by atoms with E-state index >= 15 is 0 Å². The standard InChI is InChI=1S/C21H29NO5S/c1-13(2)17-12-18(14(3)10-20(17)26-6)15(4)22-28(23,24)16-8-9-19(25-5)21(11-16)27-7/h8-13,15,22H,1-7H3. The third-order valence-electron chi connectivity index (χ3n) is 4.70. The fourth-order valence-electron chi connectivity index (χ4n) is 3.16. The lowest BCUT2D eigenvalue weighted by atomic mass is 9.94. The second-order valence-corrected chi connectivity index (χ2v) is 8.68. The molecule has 7 heteroatoms. The zero-order valence-corrected chi connectivity index (χ0v) is 18.3. The topological polar surface area (TPSA) is 73.9 Å². The lowest BCUT2D eigenvalue weighted by Gasteiger charge is -2.21. The molecule has 1 N–H and O–H groups in total. The van der Waals surface area contributed by atoms with E-state index in [0.717, 1.165) is 22.4 Å². The van der Waals surface area contributed by atoms with E-state index in [2.05, 4.69) is 18.6 Å². The van der Waals surface area contributed by atoms with Crippen LogP contribution in [0.1, 0.15) is 49.4 Å². The summed E-state index contributed by atoms with van der Waals surface area (Å²) >= 11 is 0. The summed E-state index contributed by atoms with van der Waals surface area (Å²) in [7, 11) is 0.871. The van der Waals surface area contributed by atoms with Crippen LogP contribution in [0.15, 0.2) is 35.2 Å². The molecule has 0 heterocycles. The van der Waals surface area contributed by atoms with Crippen molar-refractivity contribution in [1.29, 1.82) is 0 Å². The highest BCUT2D eigenvalue weighted by atomic mass is 32.2. The number of benzene rings is 2. The molecule has 0 aliphatic heterocycles. The van der Waals surface area contributed by atoms with Crippen molar-refractivity contribution in [2.24, 2.45) is 0 Å². The van der Waals surface area contributed by atoms with Gasteiger partial charge in [0.1, 0.15) is 5.75 Å². The van der Waals surface area contributed by atoms with Crippen molar-refractivity contribution in [2.45, 2.75) is 44.6 Å². The molecule has 0 aliphatic rings. The quantitative estimate of drug-likeness (QED) is 0.710. The molecule has 1 unspecified atom stereocenters. The Kier molecular flexibility index (Phi) is 6.96. The van der Waals surface area contributed by atoms with Crippen LogP contribution in [0.4, 0.5) is 0 Å². The fraction of sp³-hybridized carbons (Fsp3) is 0.429. The van der Waals surface area contributed by atoms with Crippen molar-refractivity contribution in [2.75, 3.05) is 21.3 Å². The zero-order valence-electron chi connectivity index (χ0n) is 17.5. The Morgan fingerprint density at radius 1 is 0.821 bits per heavy atom. The van der Waals surface area contributed by atoms with Crippen molar-refractivity contribution < 1.29 is 22.6 Å². The summed E-state index contributed by atoms with van der Waals surface area (Å²) in [4.78, 5) is 0.118. The lowest BCUT2D eigenvalue weighted by Crippen LogP contribution is -2.27. The van der Waals surface area contributed by atoms with Crippen LogP contribution in [0.25, 0.3) is 0 Å². The van der Waals surface area contributed by atoms with Gasteiger partial charge in [0.15, 0.2) is 11.5 Å². The average molecular weight is 408 g/mol. The lowest BCUT2D eigenvalue weighted by molar-refractivity contribution is 0.354. The summed E-state index contributed by atoms with van der Waals surface area (Å²) in [6.07, 6.45) is 0. The predicted octanol–water partition coefficient (Wildman–Crippen LogP) is 4.18. The first-order valence-electron chi connectivity index (χ1n) is 9.07. The Hall–Kier alpha value is -2.25. The van der Waals surface area contributed by atoms with E-state index in [-0.39, 0.29) is 10.8 Å². The van der Waals surface area contributed by atoms with Crippen molar-refractivity contribution >= 4 is 10.0 Å². The number of methoxy groups -OCH3 is 3. The highest BCUT2D eigenvalue weighted by molar-refractivity contribution is 7.89. The molecule has 1 atom stereocenters. The maximum atomic E-state index is 12.9. The monoisotopic (exact) mass is 407 g/mol. The third-order valence-corrected chi connectivity index (χ3v) is 6.24. The molecule has 6 nitrogen and oxygen atoms in total. The number of nitrogens with one attached hydrogen (secondary N) is 1. The molecule has 0 saturated carbocycles. The van der Waals surface area contributed by atoms with Crippen molar-refractivity contribution in [1.82, 2.24) is 4.72 Å². The van der Waals surface area contributed by atoms with Crippen LogP contribution in [0, 0.1) is 6.92 Å². The van der Waals surface area contributed by atoms with Gasteiger partial charge < -0.3 is 14.2 Å². The summed E-state index contributed by atoms with van der Waals surface area (Å²) in [6.45, 7) is 7.94. The zero-order chi connectivity index (χ0) is 21.1. The number of rotatable bonds is 8. The normalized spacial score (nSPS) is 12.7. The van der Waals surface area contributed by atoms with Crippen LogP contribution in [-0.4, -0.2) is 29.7 Å². The van der Waals surface area contributed by atoms with E-state index in [1.54, 1.807) is 13.2 Å². The Bertz CT molecular complexity index is 938. The summed E-state index contributed by atoms with van der Waals surface area (Å²) < 4.78 is 44.4. The molecule has 0 radical (unpaired) electrons. The van der Waals surface area contributed by atoms with Gasteiger partial charge in [-0.2, -0.15) is 0 Å². The van der Waals surface area contributed by atoms with E-state index in [9.17, 15) is 8.42 Å². The molecule has 0 aliphatic carbocycles. The summed E-state index contributed by atoms with van der Waals surface area (Å²) in [5.74, 6) is 1.90. The van der Waals surface area contributed by atoms with Crippen molar-refractivity contribution in [3.8, 4) is 17.2 Å². The van der Waals surface area contributed by atoms with Gasteiger partial charge >= 0.3 is 0 Å². The third kappa shape index (κ3) is 4.59. The molecule has 2 aromatic rings. The predicted molar refractivity (Wildman–Crippen MR) is 110 cm³/mol. The number of hydrogen-bond donors (Lipinski definition) is 1. The minimum atomic E-state index is -3.75. The fourth-order valence-corrected chi connectivity index (χ4v) is 4.40. The molecule has 0 bridgehead atoms.